The molecule has 0 radical (unpaired) electrons. The summed E-state index contributed by atoms with van der Waals surface area (Å²) in [6.45, 7) is 5.28. The van der Waals surface area contributed by atoms with Crippen LogP contribution in [-0.4, -0.2) is 55.7 Å². The van der Waals surface area contributed by atoms with Gasteiger partial charge in [-0.3, -0.25) is 23.9 Å². The van der Waals surface area contributed by atoms with Gasteiger partial charge in [0.15, 0.2) is 0 Å². The molecule has 9 heteroatoms. The molecule has 9 nitrogen and oxygen atoms in total. The predicted molar refractivity (Wildman–Crippen MR) is 97.4 cm³/mol. The second kappa shape index (κ2) is 8.08. The van der Waals surface area contributed by atoms with Crippen molar-refractivity contribution in [3.63, 3.8) is 0 Å². The Morgan fingerprint density at radius 1 is 1.37 bits per heavy atom. The molecule has 1 aromatic rings. The number of aromatic amines is 1. The SMILES string of the molecule is Cc1cn(CC(=O)N2CC[C@@H](O)[C@](CCC(C)C)(C(=O)O)C2)c(=O)[nH]c1=O. The maximum atomic E-state index is 12.7. The van der Waals surface area contributed by atoms with Crippen molar-refractivity contribution in [1.29, 1.82) is 0 Å². The number of carboxylic acid groups (broad SMARTS) is 1. The van der Waals surface area contributed by atoms with Crippen LogP contribution in [0.1, 0.15) is 38.7 Å². The molecule has 1 amide bonds. The first-order chi connectivity index (χ1) is 12.6. The van der Waals surface area contributed by atoms with E-state index in [1.807, 2.05) is 13.8 Å². The van der Waals surface area contributed by atoms with E-state index < -0.39 is 34.6 Å². The van der Waals surface area contributed by atoms with Crippen LogP contribution < -0.4 is 11.2 Å². The van der Waals surface area contributed by atoms with Crippen LogP contribution in [0.3, 0.4) is 0 Å². The van der Waals surface area contributed by atoms with Gasteiger partial charge in [-0.25, -0.2) is 4.79 Å². The fourth-order valence-electron chi connectivity index (χ4n) is 3.38. The Balaban J connectivity index is 2.22. The lowest BCUT2D eigenvalue weighted by Crippen LogP contribution is -2.58. The molecule has 2 heterocycles. The van der Waals surface area contributed by atoms with Crippen LogP contribution in [0.5, 0.6) is 0 Å². The highest BCUT2D eigenvalue weighted by molar-refractivity contribution is 5.80. The summed E-state index contributed by atoms with van der Waals surface area (Å²) < 4.78 is 1.10. The quantitative estimate of drug-likeness (QED) is 0.633. The number of carbonyl (C=O) groups excluding carboxylic acids is 1. The van der Waals surface area contributed by atoms with E-state index in [4.69, 9.17) is 0 Å². The van der Waals surface area contributed by atoms with Gasteiger partial charge >= 0.3 is 11.7 Å². The molecule has 1 aliphatic heterocycles. The number of hydrogen-bond donors (Lipinski definition) is 3. The zero-order valence-electron chi connectivity index (χ0n) is 15.9. The maximum Gasteiger partial charge on any atom is 0.328 e. The number of carboxylic acids is 1. The highest BCUT2D eigenvalue weighted by Gasteiger charge is 2.49. The van der Waals surface area contributed by atoms with Gasteiger partial charge in [0.25, 0.3) is 5.56 Å². The normalized spacial score (nSPS) is 22.9. The number of nitrogens with zero attached hydrogens (tertiary/aromatic N) is 2. The summed E-state index contributed by atoms with van der Waals surface area (Å²) in [5, 5.41) is 20.2. The summed E-state index contributed by atoms with van der Waals surface area (Å²) in [7, 11) is 0. The van der Waals surface area contributed by atoms with Gasteiger partial charge in [0.05, 0.1) is 6.10 Å². The first-order valence-corrected chi connectivity index (χ1v) is 9.06. The molecule has 0 bridgehead atoms. The topological polar surface area (TPSA) is 133 Å². The van der Waals surface area contributed by atoms with Crippen LogP contribution in [0, 0.1) is 18.3 Å². The number of aliphatic hydroxyl groups excluding tert-OH is 1. The van der Waals surface area contributed by atoms with E-state index in [1.54, 1.807) is 0 Å². The summed E-state index contributed by atoms with van der Waals surface area (Å²) in [4.78, 5) is 51.5. The fourth-order valence-corrected chi connectivity index (χ4v) is 3.38. The number of H-pyrrole nitrogens is 1. The van der Waals surface area contributed by atoms with Crippen LogP contribution in [0.2, 0.25) is 0 Å². The fraction of sp³-hybridized carbons (Fsp3) is 0.667. The van der Waals surface area contributed by atoms with Crippen molar-refractivity contribution in [3.05, 3.63) is 32.6 Å². The zero-order valence-corrected chi connectivity index (χ0v) is 15.9. The van der Waals surface area contributed by atoms with E-state index in [9.17, 15) is 29.4 Å². The van der Waals surface area contributed by atoms with E-state index in [0.717, 1.165) is 4.57 Å². The van der Waals surface area contributed by atoms with Gasteiger partial charge < -0.3 is 15.1 Å². The minimum Gasteiger partial charge on any atom is -0.481 e. The third-order valence-corrected chi connectivity index (χ3v) is 5.22. The number of piperidine rings is 1. The summed E-state index contributed by atoms with van der Waals surface area (Å²) in [6, 6.07) is 0. The molecule has 0 aliphatic carbocycles. The number of aliphatic hydroxyl groups is 1. The Kier molecular flexibility index (Phi) is 6.25. The van der Waals surface area contributed by atoms with E-state index in [1.165, 1.54) is 18.0 Å². The van der Waals surface area contributed by atoms with Gasteiger partial charge in [-0.1, -0.05) is 13.8 Å². The molecule has 0 aromatic carbocycles. The molecule has 27 heavy (non-hydrogen) atoms. The number of hydrogen-bond acceptors (Lipinski definition) is 5. The largest absolute Gasteiger partial charge is 0.481 e. The Bertz CT molecular complexity index is 827. The number of aromatic nitrogens is 2. The van der Waals surface area contributed by atoms with Crippen LogP contribution >= 0.6 is 0 Å². The van der Waals surface area contributed by atoms with Crippen LogP contribution in [0.4, 0.5) is 0 Å². The lowest BCUT2D eigenvalue weighted by molar-refractivity contribution is -0.167. The van der Waals surface area contributed by atoms with Crippen LogP contribution in [-0.2, 0) is 16.1 Å². The summed E-state index contributed by atoms with van der Waals surface area (Å²) in [6.07, 6.45) is 1.32. The van der Waals surface area contributed by atoms with Crippen LogP contribution in [0.25, 0.3) is 0 Å². The standard InChI is InChI=1S/C18H27N3O6/c1-11(2)4-6-18(16(25)26)10-20(7-5-13(18)22)14(23)9-21-8-12(3)15(24)19-17(21)27/h8,11,13,22H,4-7,9-10H2,1-3H3,(H,25,26)(H,19,24,27)/t13-,18-/m1/s1. The van der Waals surface area contributed by atoms with Gasteiger partial charge in [-0.2, -0.15) is 0 Å². The average Bonchev–Trinajstić information content (AvgIpc) is 2.58. The molecule has 2 atom stereocenters. The third kappa shape index (κ3) is 4.47. The van der Waals surface area contributed by atoms with Gasteiger partial charge in [-0.05, 0) is 32.1 Å². The summed E-state index contributed by atoms with van der Waals surface area (Å²) >= 11 is 0. The molecule has 2 rings (SSSR count). The average molecular weight is 381 g/mol. The summed E-state index contributed by atoms with van der Waals surface area (Å²) in [5.74, 6) is -1.28. The number of likely N-dealkylation sites (tertiary alicyclic amines) is 1. The number of amides is 1. The van der Waals surface area contributed by atoms with Gasteiger partial charge in [0.1, 0.15) is 12.0 Å². The minimum absolute atomic E-state index is 0.105. The van der Waals surface area contributed by atoms with Gasteiger partial charge in [0, 0.05) is 24.8 Å². The molecule has 0 saturated carbocycles. The van der Waals surface area contributed by atoms with Crippen molar-refractivity contribution in [2.24, 2.45) is 11.3 Å². The minimum atomic E-state index is -1.41. The molecular formula is C18H27N3O6. The molecule has 3 N–H and O–H groups in total. The van der Waals surface area contributed by atoms with Crippen molar-refractivity contribution in [3.8, 4) is 0 Å². The smallest absolute Gasteiger partial charge is 0.328 e. The van der Waals surface area contributed by atoms with Crippen molar-refractivity contribution >= 4 is 11.9 Å². The lowest BCUT2D eigenvalue weighted by atomic mass is 9.72. The van der Waals surface area contributed by atoms with Gasteiger partial charge in [-0.15, -0.1) is 0 Å². The number of rotatable bonds is 6. The highest BCUT2D eigenvalue weighted by atomic mass is 16.4. The Labute approximate surface area is 156 Å². The van der Waals surface area contributed by atoms with E-state index in [-0.39, 0.29) is 38.4 Å². The predicted octanol–water partition coefficient (Wildman–Crippen LogP) is -0.0546. The Morgan fingerprint density at radius 2 is 2.04 bits per heavy atom. The number of aryl methyl sites for hydroxylation is 1. The third-order valence-electron chi connectivity index (χ3n) is 5.22. The Hall–Kier alpha value is -2.42. The van der Waals surface area contributed by atoms with Crippen molar-refractivity contribution in [2.45, 2.75) is 52.7 Å². The molecule has 1 aromatic heterocycles. The Morgan fingerprint density at radius 3 is 2.63 bits per heavy atom. The molecule has 0 unspecified atom stereocenters. The number of aliphatic carboxylic acids is 1. The monoisotopic (exact) mass is 381 g/mol. The highest BCUT2D eigenvalue weighted by Crippen LogP contribution is 2.36. The molecule has 150 valence electrons. The molecule has 1 saturated heterocycles. The molecule has 1 fully saturated rings. The van der Waals surface area contributed by atoms with Crippen LogP contribution in [0.15, 0.2) is 15.8 Å². The second-order valence-corrected chi connectivity index (χ2v) is 7.71. The number of carbonyl (C=O) groups is 2. The number of nitrogens with one attached hydrogen (secondary N) is 1. The van der Waals surface area contributed by atoms with E-state index in [2.05, 4.69) is 4.98 Å². The lowest BCUT2D eigenvalue weighted by Gasteiger charge is -2.43. The molecule has 0 spiro atoms. The van der Waals surface area contributed by atoms with E-state index >= 15 is 0 Å². The zero-order chi connectivity index (χ0) is 20.4. The van der Waals surface area contributed by atoms with Crippen molar-refractivity contribution in [2.75, 3.05) is 13.1 Å². The summed E-state index contributed by atoms with van der Waals surface area (Å²) in [5.41, 5.74) is -2.32. The first kappa shape index (κ1) is 20.9. The van der Waals surface area contributed by atoms with Gasteiger partial charge in [0.2, 0.25) is 5.91 Å². The van der Waals surface area contributed by atoms with E-state index in [0.29, 0.717) is 12.0 Å². The van der Waals surface area contributed by atoms with Crippen molar-refractivity contribution in [1.82, 2.24) is 14.5 Å². The first-order valence-electron chi connectivity index (χ1n) is 9.06. The second-order valence-electron chi connectivity index (χ2n) is 7.71. The molecular weight excluding hydrogens is 354 g/mol. The molecule has 1 aliphatic rings. The maximum absolute atomic E-state index is 12.7. The van der Waals surface area contributed by atoms with Crippen molar-refractivity contribution < 1.29 is 19.8 Å².